The highest BCUT2D eigenvalue weighted by Gasteiger charge is 2.10. The van der Waals surface area contributed by atoms with Crippen LogP contribution in [0.2, 0.25) is 0 Å². The zero-order chi connectivity index (χ0) is 10.8. The van der Waals surface area contributed by atoms with Crippen molar-refractivity contribution < 1.29 is 9.13 Å². The first kappa shape index (κ1) is 10.7. The van der Waals surface area contributed by atoms with Crippen LogP contribution in [0.15, 0.2) is 30.3 Å². The molecule has 0 unspecified atom stereocenters. The molecular formula is C12H10FIO. The minimum atomic E-state index is -0.298. The predicted molar refractivity (Wildman–Crippen MR) is 67.8 cm³/mol. The molecule has 0 saturated carbocycles. The van der Waals surface area contributed by atoms with Gasteiger partial charge in [0.2, 0.25) is 0 Å². The highest BCUT2D eigenvalue weighted by molar-refractivity contribution is 14.1. The lowest BCUT2D eigenvalue weighted by atomic mass is 10.1. The fourth-order valence-corrected chi connectivity index (χ4v) is 2.33. The monoisotopic (exact) mass is 316 g/mol. The van der Waals surface area contributed by atoms with E-state index in [0.29, 0.717) is 12.4 Å². The number of ether oxygens (including phenoxy) is 1. The van der Waals surface area contributed by atoms with E-state index >= 15 is 0 Å². The Hall–Kier alpha value is -0.840. The van der Waals surface area contributed by atoms with Crippen LogP contribution in [-0.4, -0.2) is 6.61 Å². The van der Waals surface area contributed by atoms with Gasteiger partial charge in [-0.05, 0) is 47.0 Å². The molecule has 0 aromatic heterocycles. The van der Waals surface area contributed by atoms with E-state index in [1.807, 2.05) is 25.1 Å². The van der Waals surface area contributed by atoms with Gasteiger partial charge in [-0.3, -0.25) is 0 Å². The molecule has 0 saturated heterocycles. The summed E-state index contributed by atoms with van der Waals surface area (Å²) in [6.07, 6.45) is 0. The average molecular weight is 316 g/mol. The van der Waals surface area contributed by atoms with Gasteiger partial charge in [-0.15, -0.1) is 0 Å². The molecule has 1 nitrogen and oxygen atoms in total. The second kappa shape index (κ2) is 4.35. The molecule has 0 heterocycles. The SMILES string of the molecule is CCOc1c(F)ccc2cccc(I)c12. The van der Waals surface area contributed by atoms with Crippen LogP contribution in [0, 0.1) is 9.39 Å². The minimum absolute atomic E-state index is 0.298. The molecular weight excluding hydrogens is 306 g/mol. The first-order valence-corrected chi connectivity index (χ1v) is 5.81. The maximum atomic E-state index is 13.6. The number of benzene rings is 2. The third-order valence-electron chi connectivity index (χ3n) is 2.19. The van der Waals surface area contributed by atoms with E-state index in [1.54, 1.807) is 6.07 Å². The lowest BCUT2D eigenvalue weighted by Crippen LogP contribution is -1.96. The van der Waals surface area contributed by atoms with Crippen LogP contribution in [0.1, 0.15) is 6.92 Å². The fourth-order valence-electron chi connectivity index (χ4n) is 1.56. The third-order valence-corrected chi connectivity index (χ3v) is 3.09. The Kier molecular flexibility index (Phi) is 3.09. The van der Waals surface area contributed by atoms with Crippen LogP contribution < -0.4 is 4.74 Å². The fraction of sp³-hybridized carbons (Fsp3) is 0.167. The number of rotatable bonds is 2. The summed E-state index contributed by atoms with van der Waals surface area (Å²) in [5, 5.41) is 1.87. The lowest BCUT2D eigenvalue weighted by molar-refractivity contribution is 0.326. The normalized spacial score (nSPS) is 10.6. The zero-order valence-corrected chi connectivity index (χ0v) is 10.4. The summed E-state index contributed by atoms with van der Waals surface area (Å²) >= 11 is 2.19. The highest BCUT2D eigenvalue weighted by Crippen LogP contribution is 2.32. The van der Waals surface area contributed by atoms with Crippen molar-refractivity contribution in [2.75, 3.05) is 6.61 Å². The van der Waals surface area contributed by atoms with Gasteiger partial charge in [0.15, 0.2) is 11.6 Å². The van der Waals surface area contributed by atoms with Crippen molar-refractivity contribution in [2.24, 2.45) is 0 Å². The predicted octanol–water partition coefficient (Wildman–Crippen LogP) is 3.98. The van der Waals surface area contributed by atoms with E-state index in [1.165, 1.54) is 6.07 Å². The Bertz CT molecular complexity index is 496. The Morgan fingerprint density at radius 1 is 1.27 bits per heavy atom. The number of fused-ring (bicyclic) bond motifs is 1. The Labute approximate surface area is 101 Å². The van der Waals surface area contributed by atoms with E-state index in [9.17, 15) is 4.39 Å². The second-order valence-electron chi connectivity index (χ2n) is 3.15. The van der Waals surface area contributed by atoms with Crippen molar-refractivity contribution in [1.29, 1.82) is 0 Å². The molecule has 2 rings (SSSR count). The van der Waals surface area contributed by atoms with E-state index in [-0.39, 0.29) is 5.82 Å². The molecule has 0 aliphatic heterocycles. The van der Waals surface area contributed by atoms with Gasteiger partial charge in [-0.2, -0.15) is 0 Å². The summed E-state index contributed by atoms with van der Waals surface area (Å²) < 4.78 is 19.9. The van der Waals surface area contributed by atoms with Crippen LogP contribution in [0.25, 0.3) is 10.8 Å². The van der Waals surface area contributed by atoms with Crippen LogP contribution >= 0.6 is 22.6 Å². The molecule has 0 spiro atoms. The molecule has 0 fully saturated rings. The van der Waals surface area contributed by atoms with Crippen LogP contribution in [0.5, 0.6) is 5.75 Å². The molecule has 0 aliphatic rings. The topological polar surface area (TPSA) is 9.23 Å². The molecule has 0 atom stereocenters. The summed E-state index contributed by atoms with van der Waals surface area (Å²) in [6, 6.07) is 9.08. The third kappa shape index (κ3) is 1.93. The molecule has 0 bridgehead atoms. The maximum Gasteiger partial charge on any atom is 0.165 e. The first-order valence-electron chi connectivity index (χ1n) is 4.73. The summed E-state index contributed by atoms with van der Waals surface area (Å²) in [6.45, 7) is 2.33. The molecule has 3 heteroatoms. The molecule has 2 aromatic carbocycles. The van der Waals surface area contributed by atoms with Gasteiger partial charge in [0.25, 0.3) is 0 Å². The molecule has 15 heavy (non-hydrogen) atoms. The van der Waals surface area contributed by atoms with Gasteiger partial charge < -0.3 is 4.74 Å². The van der Waals surface area contributed by atoms with Crippen molar-refractivity contribution >= 4 is 33.4 Å². The molecule has 0 N–H and O–H groups in total. The minimum Gasteiger partial charge on any atom is -0.490 e. The number of hydrogen-bond donors (Lipinski definition) is 0. The van der Waals surface area contributed by atoms with Crippen molar-refractivity contribution in [3.05, 3.63) is 39.7 Å². The van der Waals surface area contributed by atoms with Crippen molar-refractivity contribution in [2.45, 2.75) is 6.92 Å². The quantitative estimate of drug-likeness (QED) is 0.762. The standard InChI is InChI=1S/C12H10FIO/c1-2-15-12-9(13)7-6-8-4-3-5-10(14)11(8)12/h3-7H,2H2,1H3. The molecule has 78 valence electrons. The maximum absolute atomic E-state index is 13.6. The Morgan fingerprint density at radius 2 is 2.07 bits per heavy atom. The van der Waals surface area contributed by atoms with Crippen LogP contribution in [-0.2, 0) is 0 Å². The van der Waals surface area contributed by atoms with Gasteiger partial charge in [-0.25, -0.2) is 4.39 Å². The second-order valence-corrected chi connectivity index (χ2v) is 4.31. The van der Waals surface area contributed by atoms with E-state index in [2.05, 4.69) is 22.6 Å². The first-order chi connectivity index (χ1) is 7.24. The molecule has 0 aliphatic carbocycles. The van der Waals surface area contributed by atoms with Gasteiger partial charge in [0.1, 0.15) is 0 Å². The summed E-state index contributed by atoms with van der Waals surface area (Å²) in [5.41, 5.74) is 0. The Balaban J connectivity index is 2.78. The Morgan fingerprint density at radius 3 is 2.80 bits per heavy atom. The van der Waals surface area contributed by atoms with Crippen LogP contribution in [0.3, 0.4) is 0 Å². The number of hydrogen-bond acceptors (Lipinski definition) is 1. The number of halogens is 2. The van der Waals surface area contributed by atoms with E-state index in [0.717, 1.165) is 14.3 Å². The van der Waals surface area contributed by atoms with E-state index < -0.39 is 0 Å². The largest absolute Gasteiger partial charge is 0.490 e. The van der Waals surface area contributed by atoms with Crippen molar-refractivity contribution in [3.8, 4) is 5.75 Å². The summed E-state index contributed by atoms with van der Waals surface area (Å²) in [5.74, 6) is 0.0634. The van der Waals surface area contributed by atoms with Gasteiger partial charge in [0, 0.05) is 8.96 Å². The molecule has 2 aromatic rings. The average Bonchev–Trinajstić information content (AvgIpc) is 2.23. The summed E-state index contributed by atoms with van der Waals surface area (Å²) in [7, 11) is 0. The van der Waals surface area contributed by atoms with Crippen molar-refractivity contribution in [1.82, 2.24) is 0 Å². The summed E-state index contributed by atoms with van der Waals surface area (Å²) in [4.78, 5) is 0. The van der Waals surface area contributed by atoms with Gasteiger partial charge in [0.05, 0.1) is 6.61 Å². The zero-order valence-electron chi connectivity index (χ0n) is 8.26. The van der Waals surface area contributed by atoms with Crippen molar-refractivity contribution in [3.63, 3.8) is 0 Å². The smallest absolute Gasteiger partial charge is 0.165 e. The molecule has 0 radical (unpaired) electrons. The molecule has 0 amide bonds. The van der Waals surface area contributed by atoms with E-state index in [4.69, 9.17) is 4.74 Å². The highest BCUT2D eigenvalue weighted by atomic mass is 127. The van der Waals surface area contributed by atoms with Gasteiger partial charge in [-0.1, -0.05) is 18.2 Å². The lowest BCUT2D eigenvalue weighted by Gasteiger charge is -2.09. The van der Waals surface area contributed by atoms with Crippen LogP contribution in [0.4, 0.5) is 4.39 Å². The van der Waals surface area contributed by atoms with Gasteiger partial charge >= 0.3 is 0 Å².